The molecule has 0 aromatic heterocycles. The number of hydrogen-bond donors (Lipinski definition) is 1. The van der Waals surface area contributed by atoms with Gasteiger partial charge in [0, 0.05) is 11.8 Å². The Kier molecular flexibility index (Phi) is 5.64. The van der Waals surface area contributed by atoms with Crippen LogP contribution in [-0.2, 0) is 9.59 Å². The fourth-order valence-corrected chi connectivity index (χ4v) is 3.54. The predicted octanol–water partition coefficient (Wildman–Crippen LogP) is 4.55. The highest BCUT2D eigenvalue weighted by Gasteiger charge is 2.41. The van der Waals surface area contributed by atoms with Gasteiger partial charge in [-0.15, -0.1) is 0 Å². The minimum Gasteiger partial charge on any atom is -0.493 e. The number of carbonyl (C=O) groups is 2. The number of imide groups is 1. The van der Waals surface area contributed by atoms with E-state index in [1.807, 2.05) is 19.1 Å². The number of nitrogens with zero attached hydrogens (tertiary/aromatic N) is 1. The van der Waals surface area contributed by atoms with Crippen molar-refractivity contribution in [3.63, 3.8) is 0 Å². The van der Waals surface area contributed by atoms with E-state index in [-0.39, 0.29) is 17.0 Å². The van der Waals surface area contributed by atoms with Gasteiger partial charge in [0.2, 0.25) is 0 Å². The molecule has 2 amide bonds. The summed E-state index contributed by atoms with van der Waals surface area (Å²) in [7, 11) is 3.03. The van der Waals surface area contributed by atoms with Gasteiger partial charge in [0.1, 0.15) is 11.5 Å². The molecule has 3 aromatic rings. The van der Waals surface area contributed by atoms with Gasteiger partial charge in [-0.05, 0) is 36.8 Å². The van der Waals surface area contributed by atoms with E-state index in [2.05, 4.69) is 5.32 Å². The third-order valence-electron chi connectivity index (χ3n) is 5.17. The van der Waals surface area contributed by atoms with Gasteiger partial charge in [0.15, 0.2) is 11.5 Å². The number of ether oxygens (including phenoxy) is 2. The smallest absolute Gasteiger partial charge is 0.282 e. The first kappa shape index (κ1) is 21.1. The number of anilines is 2. The molecule has 0 aliphatic carbocycles. The second kappa shape index (κ2) is 8.55. The maximum atomic E-state index is 14.5. The molecule has 3 aromatic carbocycles. The Morgan fingerprint density at radius 3 is 2.19 bits per heavy atom. The maximum Gasteiger partial charge on any atom is 0.282 e. The lowest BCUT2D eigenvalue weighted by molar-refractivity contribution is -0.120. The molecule has 7 heteroatoms. The summed E-state index contributed by atoms with van der Waals surface area (Å²) >= 11 is 0. The number of methoxy groups -OCH3 is 2. The average Bonchev–Trinajstić information content (AvgIpc) is 3.04. The molecule has 0 atom stereocenters. The minimum absolute atomic E-state index is 0.0503. The Labute approximate surface area is 184 Å². The topological polar surface area (TPSA) is 67.9 Å². The van der Waals surface area contributed by atoms with Crippen molar-refractivity contribution in [2.45, 2.75) is 6.92 Å². The highest BCUT2D eigenvalue weighted by atomic mass is 19.1. The van der Waals surface area contributed by atoms with Crippen molar-refractivity contribution in [3.05, 3.63) is 89.4 Å². The Bertz CT molecular complexity index is 1230. The van der Waals surface area contributed by atoms with Gasteiger partial charge in [-0.1, -0.05) is 42.0 Å². The third kappa shape index (κ3) is 3.69. The number of nitrogens with one attached hydrogen (secondary N) is 1. The van der Waals surface area contributed by atoms with Gasteiger partial charge in [-0.3, -0.25) is 9.59 Å². The summed E-state index contributed by atoms with van der Waals surface area (Å²) < 4.78 is 25.1. The normalized spacial score (nSPS) is 13.6. The van der Waals surface area contributed by atoms with Crippen LogP contribution in [0.2, 0.25) is 0 Å². The lowest BCUT2D eigenvalue weighted by Gasteiger charge is -2.16. The van der Waals surface area contributed by atoms with Crippen molar-refractivity contribution in [1.29, 1.82) is 0 Å². The zero-order valence-corrected chi connectivity index (χ0v) is 17.8. The number of hydrogen-bond acceptors (Lipinski definition) is 5. The number of para-hydroxylation sites is 1. The summed E-state index contributed by atoms with van der Waals surface area (Å²) in [5.74, 6) is -0.937. The minimum atomic E-state index is -0.662. The lowest BCUT2D eigenvalue weighted by atomic mass is 10.0. The van der Waals surface area contributed by atoms with Crippen LogP contribution in [0.15, 0.2) is 72.4 Å². The SMILES string of the molecule is COc1ccc(NC2=C(c3ccc(C)cc3)C(=O)N(c3ccccc3F)C2=O)cc1OC. The molecule has 1 aliphatic rings. The Morgan fingerprint density at radius 1 is 0.844 bits per heavy atom. The molecule has 0 saturated carbocycles. The largest absolute Gasteiger partial charge is 0.493 e. The number of rotatable bonds is 6. The van der Waals surface area contributed by atoms with Gasteiger partial charge >= 0.3 is 0 Å². The summed E-state index contributed by atoms with van der Waals surface area (Å²) in [4.78, 5) is 27.6. The molecule has 0 spiro atoms. The predicted molar refractivity (Wildman–Crippen MR) is 120 cm³/mol. The number of amides is 2. The van der Waals surface area contributed by atoms with Crippen LogP contribution in [0.5, 0.6) is 11.5 Å². The molecule has 6 nitrogen and oxygen atoms in total. The molecular weight excluding hydrogens is 411 g/mol. The fourth-order valence-electron chi connectivity index (χ4n) is 3.54. The van der Waals surface area contributed by atoms with Crippen molar-refractivity contribution >= 4 is 28.8 Å². The second-order valence-electron chi connectivity index (χ2n) is 7.21. The van der Waals surface area contributed by atoms with Crippen molar-refractivity contribution in [1.82, 2.24) is 0 Å². The van der Waals surface area contributed by atoms with Gasteiger partial charge < -0.3 is 14.8 Å². The first-order valence-electron chi connectivity index (χ1n) is 9.88. The molecule has 0 fully saturated rings. The summed E-state index contributed by atoms with van der Waals surface area (Å²) in [5.41, 5.74) is 2.18. The van der Waals surface area contributed by atoms with Crippen molar-refractivity contribution < 1.29 is 23.5 Å². The molecule has 32 heavy (non-hydrogen) atoms. The van der Waals surface area contributed by atoms with Crippen LogP contribution >= 0.6 is 0 Å². The molecule has 4 rings (SSSR count). The number of halogens is 1. The van der Waals surface area contributed by atoms with Crippen molar-refractivity contribution in [2.75, 3.05) is 24.4 Å². The van der Waals surface area contributed by atoms with E-state index in [4.69, 9.17) is 9.47 Å². The van der Waals surface area contributed by atoms with E-state index in [0.29, 0.717) is 22.7 Å². The van der Waals surface area contributed by atoms with Crippen LogP contribution in [-0.4, -0.2) is 26.0 Å². The third-order valence-corrected chi connectivity index (χ3v) is 5.17. The average molecular weight is 432 g/mol. The Hall–Kier alpha value is -4.13. The molecular formula is C25H21FN2O4. The summed E-state index contributed by atoms with van der Waals surface area (Å²) in [5, 5.41) is 3.04. The van der Waals surface area contributed by atoms with Crippen molar-refractivity contribution in [2.24, 2.45) is 0 Å². The standard InChI is InChI=1S/C25H21FN2O4/c1-15-8-10-16(11-9-15)22-23(27-17-12-13-20(31-2)21(14-17)32-3)25(30)28(24(22)29)19-7-5-4-6-18(19)26/h4-14,27H,1-3H3. The summed E-state index contributed by atoms with van der Waals surface area (Å²) in [6.45, 7) is 1.92. The van der Waals surface area contributed by atoms with E-state index in [0.717, 1.165) is 10.5 Å². The zero-order valence-electron chi connectivity index (χ0n) is 17.8. The molecule has 162 valence electrons. The molecule has 1 aliphatic heterocycles. The Morgan fingerprint density at radius 2 is 1.53 bits per heavy atom. The first-order valence-corrected chi connectivity index (χ1v) is 9.88. The van der Waals surface area contributed by atoms with E-state index < -0.39 is 17.6 Å². The summed E-state index contributed by atoms with van der Waals surface area (Å²) in [6.07, 6.45) is 0. The fraction of sp³-hybridized carbons (Fsp3) is 0.120. The molecule has 0 radical (unpaired) electrons. The maximum absolute atomic E-state index is 14.5. The zero-order chi connectivity index (χ0) is 22.8. The number of carbonyl (C=O) groups excluding carboxylic acids is 2. The van der Waals surface area contributed by atoms with Crippen LogP contribution in [0.1, 0.15) is 11.1 Å². The molecule has 1 N–H and O–H groups in total. The van der Waals surface area contributed by atoms with E-state index in [9.17, 15) is 14.0 Å². The highest BCUT2D eigenvalue weighted by molar-refractivity contribution is 6.46. The van der Waals surface area contributed by atoms with Crippen molar-refractivity contribution in [3.8, 4) is 11.5 Å². The van der Waals surface area contributed by atoms with Crippen LogP contribution in [0.3, 0.4) is 0 Å². The van der Waals surface area contributed by atoms with Crippen LogP contribution < -0.4 is 19.7 Å². The van der Waals surface area contributed by atoms with Crippen LogP contribution in [0, 0.1) is 12.7 Å². The lowest BCUT2D eigenvalue weighted by Crippen LogP contribution is -2.33. The molecule has 0 saturated heterocycles. The van der Waals surface area contributed by atoms with E-state index >= 15 is 0 Å². The first-order chi connectivity index (χ1) is 15.4. The Balaban J connectivity index is 1.83. The number of benzene rings is 3. The van der Waals surface area contributed by atoms with Crippen LogP contribution in [0.25, 0.3) is 5.57 Å². The molecule has 0 bridgehead atoms. The quantitative estimate of drug-likeness (QED) is 0.579. The van der Waals surface area contributed by atoms with E-state index in [1.54, 1.807) is 36.4 Å². The summed E-state index contributed by atoms with van der Waals surface area (Å²) in [6, 6.07) is 17.9. The number of aryl methyl sites for hydroxylation is 1. The van der Waals surface area contributed by atoms with Crippen LogP contribution in [0.4, 0.5) is 15.8 Å². The molecule has 0 unspecified atom stereocenters. The van der Waals surface area contributed by atoms with Gasteiger partial charge in [0.25, 0.3) is 11.8 Å². The monoisotopic (exact) mass is 432 g/mol. The van der Waals surface area contributed by atoms with E-state index in [1.165, 1.54) is 32.4 Å². The second-order valence-corrected chi connectivity index (χ2v) is 7.21. The van der Waals surface area contributed by atoms with Gasteiger partial charge in [0.05, 0.1) is 25.5 Å². The van der Waals surface area contributed by atoms with Gasteiger partial charge in [-0.2, -0.15) is 0 Å². The van der Waals surface area contributed by atoms with Gasteiger partial charge in [-0.25, -0.2) is 9.29 Å². The molecule has 1 heterocycles. The highest BCUT2D eigenvalue weighted by Crippen LogP contribution is 2.36.